The first kappa shape index (κ1) is 14.3. The standard InChI is InChI=1S/C13H18N4O3/c1-3-12(19)16-7-10(4-11(16)8(2)18)17-6-9(5-15-17)13(14)20/h3,5-6,8,10-11,18H,1,4,7H2,2H3,(H2,14,20)/t8-,10-,11+/m0/s1. The normalized spacial score (nSPS) is 23.6. The molecule has 0 bridgehead atoms. The van der Waals surface area contributed by atoms with E-state index in [9.17, 15) is 14.7 Å². The maximum atomic E-state index is 11.8. The van der Waals surface area contributed by atoms with Gasteiger partial charge in [0.2, 0.25) is 5.91 Å². The Kier molecular flexibility index (Phi) is 3.89. The van der Waals surface area contributed by atoms with E-state index in [0.29, 0.717) is 18.5 Å². The zero-order valence-corrected chi connectivity index (χ0v) is 11.3. The molecule has 7 heteroatoms. The van der Waals surface area contributed by atoms with Crippen molar-refractivity contribution >= 4 is 11.8 Å². The minimum absolute atomic E-state index is 0.0911. The summed E-state index contributed by atoms with van der Waals surface area (Å²) in [5.74, 6) is -0.763. The fraction of sp³-hybridized carbons (Fsp3) is 0.462. The number of aromatic nitrogens is 2. The van der Waals surface area contributed by atoms with Crippen molar-refractivity contribution in [2.45, 2.75) is 31.5 Å². The molecule has 2 heterocycles. The summed E-state index contributed by atoms with van der Waals surface area (Å²) in [6.07, 6.45) is 4.12. The highest BCUT2D eigenvalue weighted by Gasteiger charge is 2.38. The Balaban J connectivity index is 2.20. The van der Waals surface area contributed by atoms with Crippen LogP contribution in [-0.2, 0) is 4.79 Å². The molecule has 1 fully saturated rings. The van der Waals surface area contributed by atoms with Crippen LogP contribution in [0.15, 0.2) is 25.0 Å². The average Bonchev–Trinajstić information content (AvgIpc) is 3.03. The maximum absolute atomic E-state index is 11.8. The molecule has 0 aliphatic carbocycles. The topological polar surface area (TPSA) is 101 Å². The lowest BCUT2D eigenvalue weighted by Crippen LogP contribution is -2.40. The smallest absolute Gasteiger partial charge is 0.251 e. The summed E-state index contributed by atoms with van der Waals surface area (Å²) < 4.78 is 1.62. The lowest BCUT2D eigenvalue weighted by atomic mass is 10.1. The molecule has 0 unspecified atom stereocenters. The number of nitrogens with zero attached hydrogens (tertiary/aromatic N) is 3. The van der Waals surface area contributed by atoms with E-state index in [1.807, 2.05) is 0 Å². The fourth-order valence-corrected chi connectivity index (χ4v) is 2.53. The average molecular weight is 278 g/mol. The van der Waals surface area contributed by atoms with E-state index >= 15 is 0 Å². The van der Waals surface area contributed by atoms with Gasteiger partial charge < -0.3 is 15.7 Å². The molecule has 1 aromatic rings. The minimum atomic E-state index is -0.643. The van der Waals surface area contributed by atoms with E-state index in [-0.39, 0.29) is 18.0 Å². The predicted octanol–water partition coefficient (Wildman–Crippen LogP) is -0.309. The van der Waals surface area contributed by atoms with Gasteiger partial charge in [-0.25, -0.2) is 0 Å². The van der Waals surface area contributed by atoms with E-state index in [2.05, 4.69) is 11.7 Å². The molecule has 20 heavy (non-hydrogen) atoms. The largest absolute Gasteiger partial charge is 0.391 e. The molecule has 0 spiro atoms. The summed E-state index contributed by atoms with van der Waals surface area (Å²) in [5.41, 5.74) is 5.51. The van der Waals surface area contributed by atoms with E-state index < -0.39 is 12.0 Å². The Morgan fingerprint density at radius 1 is 1.65 bits per heavy atom. The van der Waals surface area contributed by atoms with Crippen molar-refractivity contribution in [2.24, 2.45) is 5.73 Å². The van der Waals surface area contributed by atoms with Gasteiger partial charge in [0.05, 0.1) is 29.9 Å². The lowest BCUT2D eigenvalue weighted by Gasteiger charge is -2.25. The molecule has 1 aliphatic heterocycles. The summed E-state index contributed by atoms with van der Waals surface area (Å²) in [6, 6.07) is -0.377. The molecule has 108 valence electrons. The number of likely N-dealkylation sites (tertiary alicyclic amines) is 1. The van der Waals surface area contributed by atoms with Crippen molar-refractivity contribution < 1.29 is 14.7 Å². The van der Waals surface area contributed by atoms with Crippen LogP contribution in [0.25, 0.3) is 0 Å². The van der Waals surface area contributed by atoms with E-state index in [1.165, 1.54) is 12.3 Å². The van der Waals surface area contributed by atoms with Gasteiger partial charge in [-0.3, -0.25) is 14.3 Å². The number of rotatable bonds is 4. The van der Waals surface area contributed by atoms with Crippen LogP contribution in [0.1, 0.15) is 29.7 Å². The van der Waals surface area contributed by atoms with Gasteiger partial charge in [-0.05, 0) is 19.4 Å². The highest BCUT2D eigenvalue weighted by molar-refractivity contribution is 5.92. The summed E-state index contributed by atoms with van der Waals surface area (Å²) in [7, 11) is 0. The number of carbonyl (C=O) groups is 2. The Hall–Kier alpha value is -2.15. The van der Waals surface area contributed by atoms with Crippen molar-refractivity contribution in [3.63, 3.8) is 0 Å². The number of hydrogen-bond donors (Lipinski definition) is 2. The molecule has 2 amide bonds. The number of aliphatic hydroxyl groups is 1. The highest BCUT2D eigenvalue weighted by Crippen LogP contribution is 2.29. The van der Waals surface area contributed by atoms with Gasteiger partial charge in [-0.1, -0.05) is 6.58 Å². The third kappa shape index (κ3) is 2.57. The third-order valence-electron chi connectivity index (χ3n) is 3.60. The summed E-state index contributed by atoms with van der Waals surface area (Å²) in [4.78, 5) is 24.5. The quantitative estimate of drug-likeness (QED) is 0.738. The summed E-state index contributed by atoms with van der Waals surface area (Å²) in [6.45, 7) is 5.53. The Labute approximate surface area is 116 Å². The fourth-order valence-electron chi connectivity index (χ4n) is 2.53. The van der Waals surface area contributed by atoms with Crippen molar-refractivity contribution in [3.8, 4) is 0 Å². The predicted molar refractivity (Wildman–Crippen MR) is 71.8 cm³/mol. The molecule has 2 rings (SSSR count). The third-order valence-corrected chi connectivity index (χ3v) is 3.60. The molecule has 3 N–H and O–H groups in total. The molecule has 3 atom stereocenters. The van der Waals surface area contributed by atoms with Crippen LogP contribution in [-0.4, -0.2) is 50.3 Å². The first-order valence-electron chi connectivity index (χ1n) is 6.39. The van der Waals surface area contributed by atoms with E-state index in [4.69, 9.17) is 5.73 Å². The molecular formula is C13H18N4O3. The molecule has 0 radical (unpaired) electrons. The molecule has 0 saturated carbocycles. The van der Waals surface area contributed by atoms with Gasteiger partial charge in [0, 0.05) is 12.7 Å². The van der Waals surface area contributed by atoms with Crippen LogP contribution < -0.4 is 5.73 Å². The second-order valence-corrected chi connectivity index (χ2v) is 4.97. The molecular weight excluding hydrogens is 260 g/mol. The number of amides is 2. The summed E-state index contributed by atoms with van der Waals surface area (Å²) >= 11 is 0. The van der Waals surface area contributed by atoms with Crippen LogP contribution in [0.3, 0.4) is 0 Å². The van der Waals surface area contributed by atoms with E-state index in [1.54, 1.807) is 22.7 Å². The second kappa shape index (κ2) is 5.46. The number of primary amides is 1. The number of hydrogen-bond acceptors (Lipinski definition) is 4. The van der Waals surface area contributed by atoms with Gasteiger partial charge in [0.15, 0.2) is 0 Å². The van der Waals surface area contributed by atoms with Crippen molar-refractivity contribution in [1.82, 2.24) is 14.7 Å². The van der Waals surface area contributed by atoms with Gasteiger partial charge in [-0.2, -0.15) is 5.10 Å². The van der Waals surface area contributed by atoms with Crippen LogP contribution in [0.4, 0.5) is 0 Å². The van der Waals surface area contributed by atoms with Crippen molar-refractivity contribution in [1.29, 1.82) is 0 Å². The van der Waals surface area contributed by atoms with Gasteiger partial charge in [0.1, 0.15) is 0 Å². The molecule has 1 saturated heterocycles. The van der Waals surface area contributed by atoms with Gasteiger partial charge in [0.25, 0.3) is 5.91 Å². The number of carbonyl (C=O) groups excluding carboxylic acids is 2. The van der Waals surface area contributed by atoms with Gasteiger partial charge >= 0.3 is 0 Å². The lowest BCUT2D eigenvalue weighted by molar-refractivity contribution is -0.128. The minimum Gasteiger partial charge on any atom is -0.391 e. The van der Waals surface area contributed by atoms with Crippen molar-refractivity contribution in [3.05, 3.63) is 30.6 Å². The zero-order chi connectivity index (χ0) is 14.9. The highest BCUT2D eigenvalue weighted by atomic mass is 16.3. The molecule has 1 aliphatic rings. The number of aliphatic hydroxyl groups excluding tert-OH is 1. The monoisotopic (exact) mass is 278 g/mol. The Morgan fingerprint density at radius 2 is 2.35 bits per heavy atom. The van der Waals surface area contributed by atoms with Gasteiger partial charge in [-0.15, -0.1) is 0 Å². The first-order valence-corrected chi connectivity index (χ1v) is 6.39. The first-order chi connectivity index (χ1) is 9.43. The SMILES string of the molecule is C=CC(=O)N1C[C@@H](n2cc(C(N)=O)cn2)C[C@@H]1[C@H](C)O. The van der Waals surface area contributed by atoms with Crippen LogP contribution >= 0.6 is 0 Å². The molecule has 7 nitrogen and oxygen atoms in total. The maximum Gasteiger partial charge on any atom is 0.251 e. The molecule has 1 aromatic heterocycles. The Morgan fingerprint density at radius 3 is 2.85 bits per heavy atom. The Bertz CT molecular complexity index is 537. The van der Waals surface area contributed by atoms with Crippen LogP contribution in [0, 0.1) is 0 Å². The summed E-state index contributed by atoms with van der Waals surface area (Å²) in [5, 5.41) is 13.9. The number of nitrogens with two attached hydrogens (primary N) is 1. The second-order valence-electron chi connectivity index (χ2n) is 4.97. The zero-order valence-electron chi connectivity index (χ0n) is 11.3. The van der Waals surface area contributed by atoms with Crippen LogP contribution in [0.5, 0.6) is 0 Å². The van der Waals surface area contributed by atoms with E-state index in [0.717, 1.165) is 0 Å². The van der Waals surface area contributed by atoms with Crippen LogP contribution in [0.2, 0.25) is 0 Å². The molecule has 0 aromatic carbocycles. The van der Waals surface area contributed by atoms with Crippen molar-refractivity contribution in [2.75, 3.05) is 6.54 Å².